The van der Waals surface area contributed by atoms with Crippen LogP contribution in [0.2, 0.25) is 0 Å². The van der Waals surface area contributed by atoms with Crippen molar-refractivity contribution in [3.05, 3.63) is 30.1 Å². The molecule has 3 rings (SSSR count). The van der Waals surface area contributed by atoms with Gasteiger partial charge in [0.2, 0.25) is 0 Å². The second-order valence-electron chi connectivity index (χ2n) is 6.03. The van der Waals surface area contributed by atoms with Gasteiger partial charge in [-0.15, -0.1) is 0 Å². The molecule has 2 amide bonds. The third kappa shape index (κ3) is 3.94. The maximum Gasteiger partial charge on any atom is 0.322 e. The standard InChI is InChI=1S/C16H22FN3O/c17-13-3-5-14(6-4-13)19-16(21)20(15-7-8-15)11-12-2-1-9-18-10-12/h3-6,12,15,18H,1-2,7-11H2,(H,19,21). The first-order valence-corrected chi connectivity index (χ1v) is 7.76. The van der Waals surface area contributed by atoms with E-state index in [1.165, 1.54) is 25.0 Å². The number of carbonyl (C=O) groups excluding carboxylic acids is 1. The van der Waals surface area contributed by atoms with Crippen molar-refractivity contribution in [1.29, 1.82) is 0 Å². The maximum atomic E-state index is 12.9. The quantitative estimate of drug-likeness (QED) is 0.896. The molecule has 1 aliphatic carbocycles. The Morgan fingerprint density at radius 2 is 2.05 bits per heavy atom. The van der Waals surface area contributed by atoms with E-state index in [1.54, 1.807) is 12.1 Å². The van der Waals surface area contributed by atoms with Gasteiger partial charge in [-0.3, -0.25) is 0 Å². The molecule has 1 heterocycles. The van der Waals surface area contributed by atoms with Crippen LogP contribution in [0.15, 0.2) is 24.3 Å². The summed E-state index contributed by atoms with van der Waals surface area (Å²) in [6.45, 7) is 2.89. The molecule has 5 heteroatoms. The lowest BCUT2D eigenvalue weighted by Gasteiger charge is -2.30. The van der Waals surface area contributed by atoms with Crippen LogP contribution in [0, 0.1) is 11.7 Å². The molecule has 4 nitrogen and oxygen atoms in total. The summed E-state index contributed by atoms with van der Waals surface area (Å²) in [6, 6.07) is 6.24. The Morgan fingerprint density at radius 1 is 1.29 bits per heavy atom. The van der Waals surface area contributed by atoms with Crippen LogP contribution in [-0.2, 0) is 0 Å². The fourth-order valence-electron chi connectivity index (χ4n) is 2.87. The lowest BCUT2D eigenvalue weighted by molar-refractivity contribution is 0.190. The predicted molar refractivity (Wildman–Crippen MR) is 80.7 cm³/mol. The molecule has 1 aromatic carbocycles. The van der Waals surface area contributed by atoms with Crippen LogP contribution in [0.1, 0.15) is 25.7 Å². The van der Waals surface area contributed by atoms with Crippen LogP contribution in [0.4, 0.5) is 14.9 Å². The lowest BCUT2D eigenvalue weighted by Crippen LogP contribution is -2.43. The third-order valence-corrected chi connectivity index (χ3v) is 4.20. The van der Waals surface area contributed by atoms with Gasteiger partial charge in [0.1, 0.15) is 5.82 Å². The smallest absolute Gasteiger partial charge is 0.321 e. The molecule has 0 radical (unpaired) electrons. The zero-order valence-corrected chi connectivity index (χ0v) is 12.1. The number of benzene rings is 1. The van der Waals surface area contributed by atoms with Crippen LogP contribution < -0.4 is 10.6 Å². The van der Waals surface area contributed by atoms with Crippen molar-refractivity contribution in [1.82, 2.24) is 10.2 Å². The highest BCUT2D eigenvalue weighted by molar-refractivity contribution is 5.89. The van der Waals surface area contributed by atoms with Crippen molar-refractivity contribution in [3.8, 4) is 0 Å². The van der Waals surface area contributed by atoms with Gasteiger partial charge in [-0.05, 0) is 69.0 Å². The van der Waals surface area contributed by atoms with Gasteiger partial charge in [-0.25, -0.2) is 9.18 Å². The summed E-state index contributed by atoms with van der Waals surface area (Å²) in [6.07, 6.45) is 4.55. The Kier molecular flexibility index (Phi) is 4.39. The van der Waals surface area contributed by atoms with E-state index in [-0.39, 0.29) is 11.8 Å². The van der Waals surface area contributed by atoms with Crippen molar-refractivity contribution in [2.45, 2.75) is 31.7 Å². The van der Waals surface area contributed by atoms with Crippen LogP contribution in [-0.4, -0.2) is 36.6 Å². The first kappa shape index (κ1) is 14.3. The number of amides is 2. The Morgan fingerprint density at radius 3 is 2.67 bits per heavy atom. The molecule has 1 aromatic rings. The highest BCUT2D eigenvalue weighted by atomic mass is 19.1. The summed E-state index contributed by atoms with van der Waals surface area (Å²) in [7, 11) is 0. The molecule has 1 unspecified atom stereocenters. The Bertz CT molecular complexity index is 481. The van der Waals surface area contributed by atoms with Gasteiger partial charge in [0.25, 0.3) is 0 Å². The number of carbonyl (C=O) groups is 1. The SMILES string of the molecule is O=C(Nc1ccc(F)cc1)N(CC1CCCNC1)C1CC1. The topological polar surface area (TPSA) is 44.4 Å². The Hall–Kier alpha value is -1.62. The summed E-state index contributed by atoms with van der Waals surface area (Å²) in [5.74, 6) is 0.249. The number of nitrogens with one attached hydrogen (secondary N) is 2. The number of hydrogen-bond donors (Lipinski definition) is 2. The molecule has 0 spiro atoms. The van der Waals surface area contributed by atoms with Crippen molar-refractivity contribution in [3.63, 3.8) is 0 Å². The van der Waals surface area contributed by atoms with E-state index in [2.05, 4.69) is 10.6 Å². The van der Waals surface area contributed by atoms with Crippen molar-refractivity contribution in [2.24, 2.45) is 5.92 Å². The first-order chi connectivity index (χ1) is 10.2. The molecule has 2 fully saturated rings. The van der Waals surface area contributed by atoms with Gasteiger partial charge < -0.3 is 15.5 Å². The minimum Gasteiger partial charge on any atom is -0.321 e. The second-order valence-corrected chi connectivity index (χ2v) is 6.03. The normalized spacial score (nSPS) is 21.9. The number of anilines is 1. The lowest BCUT2D eigenvalue weighted by atomic mass is 9.99. The van der Waals surface area contributed by atoms with Gasteiger partial charge in [0.15, 0.2) is 0 Å². The number of nitrogens with zero attached hydrogens (tertiary/aromatic N) is 1. The van der Waals surface area contributed by atoms with Gasteiger partial charge in [-0.2, -0.15) is 0 Å². The van der Waals surface area contributed by atoms with Crippen molar-refractivity contribution >= 4 is 11.7 Å². The molecule has 114 valence electrons. The summed E-state index contributed by atoms with van der Waals surface area (Å²) < 4.78 is 12.9. The molecule has 2 N–H and O–H groups in total. The summed E-state index contributed by atoms with van der Waals surface area (Å²) in [4.78, 5) is 14.4. The number of rotatable bonds is 4. The fourth-order valence-corrected chi connectivity index (χ4v) is 2.87. The average Bonchev–Trinajstić information content (AvgIpc) is 3.33. The summed E-state index contributed by atoms with van der Waals surface area (Å²) >= 11 is 0. The summed E-state index contributed by atoms with van der Waals surface area (Å²) in [5, 5.41) is 6.27. The average molecular weight is 291 g/mol. The largest absolute Gasteiger partial charge is 0.322 e. The summed E-state index contributed by atoms with van der Waals surface area (Å²) in [5.41, 5.74) is 0.647. The van der Waals surface area contributed by atoms with E-state index in [1.807, 2.05) is 4.90 Å². The van der Waals surface area contributed by atoms with E-state index in [4.69, 9.17) is 0 Å². The van der Waals surface area contributed by atoms with Gasteiger partial charge in [0.05, 0.1) is 0 Å². The van der Waals surface area contributed by atoms with E-state index < -0.39 is 0 Å². The van der Waals surface area contributed by atoms with E-state index in [0.29, 0.717) is 17.6 Å². The highest BCUT2D eigenvalue weighted by Gasteiger charge is 2.34. The number of piperidine rings is 1. The van der Waals surface area contributed by atoms with E-state index in [0.717, 1.165) is 32.5 Å². The predicted octanol–water partition coefficient (Wildman–Crippen LogP) is 2.82. The molecule has 2 aliphatic rings. The van der Waals surface area contributed by atoms with Crippen LogP contribution in [0.5, 0.6) is 0 Å². The monoisotopic (exact) mass is 291 g/mol. The maximum absolute atomic E-state index is 12.9. The molecule has 1 atom stereocenters. The van der Waals surface area contributed by atoms with Gasteiger partial charge in [0, 0.05) is 18.3 Å². The highest BCUT2D eigenvalue weighted by Crippen LogP contribution is 2.29. The first-order valence-electron chi connectivity index (χ1n) is 7.76. The third-order valence-electron chi connectivity index (χ3n) is 4.20. The molecular weight excluding hydrogens is 269 g/mol. The molecule has 1 saturated carbocycles. The zero-order valence-electron chi connectivity index (χ0n) is 12.1. The van der Waals surface area contributed by atoms with Crippen LogP contribution >= 0.6 is 0 Å². The fraction of sp³-hybridized carbons (Fsp3) is 0.562. The molecule has 1 aliphatic heterocycles. The van der Waals surface area contributed by atoms with Crippen molar-refractivity contribution in [2.75, 3.05) is 25.0 Å². The number of urea groups is 1. The second kappa shape index (κ2) is 6.43. The minimum absolute atomic E-state index is 0.0605. The van der Waals surface area contributed by atoms with Crippen LogP contribution in [0.25, 0.3) is 0 Å². The van der Waals surface area contributed by atoms with E-state index in [9.17, 15) is 9.18 Å². The van der Waals surface area contributed by atoms with Gasteiger partial charge >= 0.3 is 6.03 Å². The van der Waals surface area contributed by atoms with Crippen LogP contribution in [0.3, 0.4) is 0 Å². The van der Waals surface area contributed by atoms with Crippen molar-refractivity contribution < 1.29 is 9.18 Å². The number of hydrogen-bond acceptors (Lipinski definition) is 2. The molecule has 0 aromatic heterocycles. The number of halogens is 1. The molecule has 21 heavy (non-hydrogen) atoms. The molecule has 1 saturated heterocycles. The van der Waals surface area contributed by atoms with Gasteiger partial charge in [-0.1, -0.05) is 0 Å². The molecular formula is C16H22FN3O. The Labute approximate surface area is 124 Å². The minimum atomic E-state index is -0.291. The van der Waals surface area contributed by atoms with E-state index >= 15 is 0 Å². The zero-order chi connectivity index (χ0) is 14.7. The Balaban J connectivity index is 1.60. The molecule has 0 bridgehead atoms.